The topological polar surface area (TPSA) is 86.8 Å². The molecule has 3 aromatic rings. The van der Waals surface area contributed by atoms with Gasteiger partial charge in [-0.1, -0.05) is 79.1 Å². The van der Waals surface area contributed by atoms with Crippen molar-refractivity contribution < 1.29 is 18.0 Å². The Kier molecular flexibility index (Phi) is 10.9. The molecule has 0 aliphatic rings. The fourth-order valence-corrected chi connectivity index (χ4v) is 6.02. The van der Waals surface area contributed by atoms with Crippen molar-refractivity contribution in [3.8, 4) is 0 Å². The summed E-state index contributed by atoms with van der Waals surface area (Å²) >= 11 is 0. The smallest absolute Gasteiger partial charge is 0.264 e. The number of sulfonamides is 1. The van der Waals surface area contributed by atoms with Crippen LogP contribution in [0.1, 0.15) is 48.9 Å². The van der Waals surface area contributed by atoms with E-state index in [2.05, 4.69) is 5.32 Å². The summed E-state index contributed by atoms with van der Waals surface area (Å²) in [5.74, 6) is -0.695. The highest BCUT2D eigenvalue weighted by Crippen LogP contribution is 2.28. The summed E-state index contributed by atoms with van der Waals surface area (Å²) in [4.78, 5) is 28.6. The molecular formula is C32H41N3O4S. The quantitative estimate of drug-likeness (QED) is 0.290. The van der Waals surface area contributed by atoms with E-state index in [0.717, 1.165) is 35.1 Å². The molecule has 1 N–H and O–H groups in total. The van der Waals surface area contributed by atoms with Crippen LogP contribution in [0.25, 0.3) is 0 Å². The van der Waals surface area contributed by atoms with Gasteiger partial charge in [0, 0.05) is 13.1 Å². The Bertz CT molecular complexity index is 1390. The van der Waals surface area contributed by atoms with E-state index in [9.17, 15) is 18.0 Å². The molecule has 0 unspecified atom stereocenters. The summed E-state index contributed by atoms with van der Waals surface area (Å²) in [6.45, 7) is 9.77. The van der Waals surface area contributed by atoms with Gasteiger partial charge in [-0.3, -0.25) is 13.9 Å². The Morgan fingerprint density at radius 2 is 1.55 bits per heavy atom. The summed E-state index contributed by atoms with van der Waals surface area (Å²) in [7, 11) is -4.08. The first-order valence-electron chi connectivity index (χ1n) is 13.8. The Balaban J connectivity index is 1.98. The standard InChI is InChI=1S/C32H41N3O4S/c1-6-7-20-33-32(37)27(5)34(21-19-28-11-9-8-10-12-28)31(36)23-35(30-18-15-25(3)22-26(30)4)40(38,39)29-16-13-24(2)14-17-29/h8-18,22,27H,6-7,19-21,23H2,1-5H3,(H,33,37)/t27-/m1/s1. The zero-order valence-electron chi connectivity index (χ0n) is 24.2. The van der Waals surface area contributed by atoms with E-state index >= 15 is 0 Å². The molecule has 1 atom stereocenters. The third-order valence-electron chi connectivity index (χ3n) is 6.99. The van der Waals surface area contributed by atoms with Gasteiger partial charge in [-0.15, -0.1) is 0 Å². The van der Waals surface area contributed by atoms with Crippen LogP contribution >= 0.6 is 0 Å². The molecule has 3 rings (SSSR count). The summed E-state index contributed by atoms with van der Waals surface area (Å²) in [5.41, 5.74) is 4.12. The maximum absolute atomic E-state index is 14.0. The SMILES string of the molecule is CCCCNC(=O)[C@@H](C)N(CCc1ccccc1)C(=O)CN(c1ccc(C)cc1C)S(=O)(=O)c1ccc(C)cc1. The lowest BCUT2D eigenvalue weighted by atomic mass is 10.1. The van der Waals surface area contributed by atoms with Gasteiger partial charge < -0.3 is 10.2 Å². The van der Waals surface area contributed by atoms with E-state index in [1.165, 1.54) is 9.21 Å². The predicted molar refractivity (Wildman–Crippen MR) is 161 cm³/mol. The first kappa shape index (κ1) is 30.9. The van der Waals surface area contributed by atoms with Crippen molar-refractivity contribution in [1.29, 1.82) is 0 Å². The van der Waals surface area contributed by atoms with Crippen molar-refractivity contribution in [3.05, 3.63) is 95.1 Å². The highest BCUT2D eigenvalue weighted by molar-refractivity contribution is 7.92. The molecule has 0 saturated carbocycles. The fraction of sp³-hybridized carbons (Fsp3) is 0.375. The van der Waals surface area contributed by atoms with Crippen molar-refractivity contribution in [3.63, 3.8) is 0 Å². The van der Waals surface area contributed by atoms with Gasteiger partial charge >= 0.3 is 0 Å². The Hall–Kier alpha value is -3.65. The number of anilines is 1. The second-order valence-electron chi connectivity index (χ2n) is 10.3. The van der Waals surface area contributed by atoms with Crippen LogP contribution < -0.4 is 9.62 Å². The molecule has 7 nitrogen and oxygen atoms in total. The minimum Gasteiger partial charge on any atom is -0.354 e. The maximum atomic E-state index is 14.0. The van der Waals surface area contributed by atoms with Crippen LogP contribution in [0.15, 0.2) is 77.7 Å². The molecule has 0 saturated heterocycles. The number of aryl methyl sites for hydroxylation is 3. The zero-order chi connectivity index (χ0) is 29.3. The molecule has 0 aliphatic carbocycles. The van der Waals surface area contributed by atoms with Gasteiger partial charge in [0.15, 0.2) is 0 Å². The zero-order valence-corrected chi connectivity index (χ0v) is 25.0. The summed E-state index contributed by atoms with van der Waals surface area (Å²) in [6.07, 6.45) is 2.31. The van der Waals surface area contributed by atoms with Gasteiger partial charge in [0.25, 0.3) is 10.0 Å². The molecule has 0 bridgehead atoms. The number of benzene rings is 3. The van der Waals surface area contributed by atoms with E-state index in [4.69, 9.17) is 0 Å². The average molecular weight is 564 g/mol. The highest BCUT2D eigenvalue weighted by Gasteiger charge is 2.32. The Morgan fingerprint density at radius 1 is 0.900 bits per heavy atom. The Morgan fingerprint density at radius 3 is 2.17 bits per heavy atom. The third kappa shape index (κ3) is 7.94. The van der Waals surface area contributed by atoms with E-state index in [1.807, 2.05) is 70.2 Å². The molecule has 0 aromatic heterocycles. The van der Waals surface area contributed by atoms with E-state index in [1.54, 1.807) is 37.3 Å². The molecule has 40 heavy (non-hydrogen) atoms. The van der Waals surface area contributed by atoms with Gasteiger partial charge in [0.1, 0.15) is 12.6 Å². The van der Waals surface area contributed by atoms with E-state index < -0.39 is 28.5 Å². The second-order valence-corrected chi connectivity index (χ2v) is 12.1. The predicted octanol–water partition coefficient (Wildman–Crippen LogP) is 5.18. The van der Waals surface area contributed by atoms with Crippen LogP contribution in [-0.4, -0.2) is 50.8 Å². The number of carbonyl (C=O) groups excluding carboxylic acids is 2. The minimum absolute atomic E-state index is 0.104. The van der Waals surface area contributed by atoms with Crippen LogP contribution in [0, 0.1) is 20.8 Å². The molecular weight excluding hydrogens is 522 g/mol. The number of nitrogens with one attached hydrogen (secondary N) is 1. The van der Waals surface area contributed by atoms with Crippen LogP contribution in [0.5, 0.6) is 0 Å². The van der Waals surface area contributed by atoms with Crippen LogP contribution in [-0.2, 0) is 26.0 Å². The normalized spacial score (nSPS) is 12.0. The minimum atomic E-state index is -4.08. The molecule has 0 spiro atoms. The van der Waals surface area contributed by atoms with Gasteiger partial charge in [-0.2, -0.15) is 0 Å². The van der Waals surface area contributed by atoms with Crippen LogP contribution in [0.2, 0.25) is 0 Å². The number of rotatable bonds is 13. The first-order chi connectivity index (χ1) is 19.0. The summed E-state index contributed by atoms with van der Waals surface area (Å²) in [5, 5.41) is 2.91. The number of carbonyl (C=O) groups is 2. The largest absolute Gasteiger partial charge is 0.354 e. The van der Waals surface area contributed by atoms with Gasteiger partial charge in [-0.25, -0.2) is 8.42 Å². The lowest BCUT2D eigenvalue weighted by Gasteiger charge is -2.32. The average Bonchev–Trinajstić information content (AvgIpc) is 2.93. The van der Waals surface area contributed by atoms with Crippen LogP contribution in [0.3, 0.4) is 0 Å². The number of nitrogens with zero attached hydrogens (tertiary/aromatic N) is 2. The van der Waals surface area contributed by atoms with Crippen LogP contribution in [0.4, 0.5) is 5.69 Å². The maximum Gasteiger partial charge on any atom is 0.264 e. The number of amides is 2. The molecule has 0 heterocycles. The molecule has 3 aromatic carbocycles. The van der Waals surface area contributed by atoms with Gasteiger partial charge in [-0.05, 0) is 69.9 Å². The van der Waals surface area contributed by atoms with Gasteiger partial charge in [0.05, 0.1) is 10.6 Å². The first-order valence-corrected chi connectivity index (χ1v) is 15.3. The van der Waals surface area contributed by atoms with E-state index in [-0.39, 0.29) is 17.3 Å². The summed E-state index contributed by atoms with van der Waals surface area (Å²) < 4.78 is 29.1. The number of unbranched alkanes of at least 4 members (excludes halogenated alkanes) is 1. The fourth-order valence-electron chi connectivity index (χ4n) is 4.54. The summed E-state index contributed by atoms with van der Waals surface area (Å²) in [6, 6.07) is 21.0. The highest BCUT2D eigenvalue weighted by atomic mass is 32.2. The van der Waals surface area contributed by atoms with Crippen molar-refractivity contribution in [2.45, 2.75) is 64.8 Å². The second kappa shape index (κ2) is 14.1. The molecule has 0 aliphatic heterocycles. The van der Waals surface area contributed by atoms with Crippen molar-refractivity contribution in [2.24, 2.45) is 0 Å². The van der Waals surface area contributed by atoms with Crippen molar-refractivity contribution >= 4 is 27.5 Å². The third-order valence-corrected chi connectivity index (χ3v) is 8.76. The molecule has 8 heteroatoms. The lowest BCUT2D eigenvalue weighted by Crippen LogP contribution is -2.52. The van der Waals surface area contributed by atoms with Crippen molar-refractivity contribution in [2.75, 3.05) is 23.9 Å². The number of hydrogen-bond donors (Lipinski definition) is 1. The van der Waals surface area contributed by atoms with Gasteiger partial charge in [0.2, 0.25) is 11.8 Å². The molecule has 0 radical (unpaired) electrons. The molecule has 0 fully saturated rings. The van der Waals surface area contributed by atoms with E-state index in [0.29, 0.717) is 18.7 Å². The molecule has 214 valence electrons. The lowest BCUT2D eigenvalue weighted by molar-refractivity contribution is -0.138. The Labute approximate surface area is 239 Å². The number of hydrogen-bond acceptors (Lipinski definition) is 4. The van der Waals surface area contributed by atoms with Crippen molar-refractivity contribution in [1.82, 2.24) is 10.2 Å². The monoisotopic (exact) mass is 563 g/mol. The molecule has 2 amide bonds.